The Morgan fingerprint density at radius 2 is 1.35 bits per heavy atom. The first-order valence-electron chi connectivity index (χ1n) is 17.5. The molecule has 282 valence electrons. The predicted molar refractivity (Wildman–Crippen MR) is 201 cm³/mol. The van der Waals surface area contributed by atoms with Gasteiger partial charge in [-0.2, -0.15) is 18.3 Å². The molecule has 0 saturated heterocycles. The second kappa shape index (κ2) is 16.3. The second-order valence-corrected chi connectivity index (χ2v) is 12.7. The smallest absolute Gasteiger partial charge is 0.410 e. The van der Waals surface area contributed by atoms with Crippen molar-refractivity contribution in [1.82, 2.24) is 15.1 Å². The highest BCUT2D eigenvalue weighted by Crippen LogP contribution is 2.44. The van der Waals surface area contributed by atoms with Crippen molar-refractivity contribution in [2.45, 2.75) is 38.1 Å². The molecule has 0 aliphatic heterocycles. The molecule has 6 rings (SSSR count). The number of methoxy groups -OCH3 is 1. The highest BCUT2D eigenvalue weighted by atomic mass is 19.4. The number of nitrogens with zero attached hydrogens (tertiary/aromatic N) is 2. The lowest BCUT2D eigenvalue weighted by molar-refractivity contribution is -0.164. The van der Waals surface area contributed by atoms with Crippen molar-refractivity contribution >= 4 is 17.7 Å². The van der Waals surface area contributed by atoms with Crippen LogP contribution in [0.2, 0.25) is 0 Å². The third kappa shape index (κ3) is 7.94. The molecule has 0 aliphatic rings. The summed E-state index contributed by atoms with van der Waals surface area (Å²) in [4.78, 5) is 26.9. The van der Waals surface area contributed by atoms with E-state index in [4.69, 9.17) is 9.47 Å². The Morgan fingerprint density at radius 1 is 0.800 bits per heavy atom. The van der Waals surface area contributed by atoms with Crippen molar-refractivity contribution in [2.24, 2.45) is 0 Å². The number of benzene rings is 5. The Morgan fingerprint density at radius 3 is 1.84 bits per heavy atom. The lowest BCUT2D eigenvalue weighted by atomic mass is 9.77. The SMILES string of the molecule is CCOC(=O)c1c(-c2ccc(CNC(=O)c3cc(F)ccc3OC)cc2)nn([C@@H](C)C(F)(F)F)c1NC(c1ccccc1)(c1ccccc1)c1ccccc1. The summed E-state index contributed by atoms with van der Waals surface area (Å²) in [7, 11) is 1.37. The van der Waals surface area contributed by atoms with Crippen molar-refractivity contribution in [3.05, 3.63) is 173 Å². The summed E-state index contributed by atoms with van der Waals surface area (Å²) in [5, 5.41) is 10.7. The molecule has 0 bridgehead atoms. The summed E-state index contributed by atoms with van der Waals surface area (Å²) in [6.45, 7) is 2.57. The van der Waals surface area contributed by atoms with E-state index in [0.29, 0.717) is 27.8 Å². The summed E-state index contributed by atoms with van der Waals surface area (Å²) in [6.07, 6.45) is -4.76. The number of ether oxygens (including phenoxy) is 2. The molecule has 0 fully saturated rings. The standard InChI is InChI=1S/C43H38F4N4O4/c1-4-55-41(53)37-38(30-22-20-29(21-23-30)27-48-40(52)35-26-34(44)24-25-36(35)54-3)50-51(28(2)43(45,46)47)39(37)49-42(31-14-8-5-9-15-31,32-16-10-6-11-17-32)33-18-12-7-13-19-33/h5-26,28,49H,4,27H2,1-3H3,(H,48,52)/t28-/m0/s1. The summed E-state index contributed by atoms with van der Waals surface area (Å²) in [5.74, 6) is -2.04. The van der Waals surface area contributed by atoms with Gasteiger partial charge in [-0.25, -0.2) is 13.9 Å². The fraction of sp³-hybridized carbons (Fsp3) is 0.186. The minimum absolute atomic E-state index is 0.0140. The predicted octanol–water partition coefficient (Wildman–Crippen LogP) is 9.33. The van der Waals surface area contributed by atoms with Crippen LogP contribution in [0.4, 0.5) is 23.4 Å². The van der Waals surface area contributed by atoms with Crippen LogP contribution in [0.3, 0.4) is 0 Å². The first-order valence-corrected chi connectivity index (χ1v) is 17.5. The number of aromatic nitrogens is 2. The largest absolute Gasteiger partial charge is 0.496 e. The van der Waals surface area contributed by atoms with Gasteiger partial charge in [0.2, 0.25) is 0 Å². The second-order valence-electron chi connectivity index (χ2n) is 12.7. The van der Waals surface area contributed by atoms with Crippen LogP contribution in [0.15, 0.2) is 133 Å². The van der Waals surface area contributed by atoms with Gasteiger partial charge in [-0.15, -0.1) is 0 Å². The zero-order valence-corrected chi connectivity index (χ0v) is 30.2. The summed E-state index contributed by atoms with van der Waals surface area (Å²) in [6, 6.07) is 35.7. The van der Waals surface area contributed by atoms with Gasteiger partial charge < -0.3 is 20.1 Å². The van der Waals surface area contributed by atoms with E-state index in [-0.39, 0.29) is 41.5 Å². The Labute approximate surface area is 315 Å². The lowest BCUT2D eigenvalue weighted by Crippen LogP contribution is -2.40. The number of esters is 1. The zero-order valence-electron chi connectivity index (χ0n) is 30.2. The van der Waals surface area contributed by atoms with Crippen molar-refractivity contribution in [2.75, 3.05) is 19.0 Å². The number of hydrogen-bond acceptors (Lipinski definition) is 6. The average molecular weight is 751 g/mol. The van der Waals surface area contributed by atoms with Crippen LogP contribution < -0.4 is 15.4 Å². The molecule has 8 nitrogen and oxygen atoms in total. The Bertz CT molecular complexity index is 2150. The summed E-state index contributed by atoms with van der Waals surface area (Å²) >= 11 is 0. The fourth-order valence-corrected chi connectivity index (χ4v) is 6.45. The summed E-state index contributed by atoms with van der Waals surface area (Å²) < 4.78 is 69.6. The monoisotopic (exact) mass is 750 g/mol. The Balaban J connectivity index is 1.50. The van der Waals surface area contributed by atoms with Crippen LogP contribution in [0.25, 0.3) is 11.3 Å². The normalized spacial score (nSPS) is 12.1. The molecule has 6 aromatic rings. The van der Waals surface area contributed by atoms with E-state index in [1.165, 1.54) is 19.2 Å². The van der Waals surface area contributed by atoms with Crippen molar-refractivity contribution in [1.29, 1.82) is 0 Å². The first kappa shape index (κ1) is 38.3. The Kier molecular flexibility index (Phi) is 11.3. The van der Waals surface area contributed by atoms with Crippen molar-refractivity contribution < 1.29 is 36.6 Å². The van der Waals surface area contributed by atoms with Crippen LogP contribution in [-0.4, -0.2) is 41.5 Å². The van der Waals surface area contributed by atoms with E-state index in [9.17, 15) is 27.2 Å². The topological polar surface area (TPSA) is 94.5 Å². The number of hydrogen-bond donors (Lipinski definition) is 2. The van der Waals surface area contributed by atoms with Gasteiger partial charge in [0.15, 0.2) is 0 Å². The van der Waals surface area contributed by atoms with Gasteiger partial charge >= 0.3 is 12.1 Å². The minimum atomic E-state index is -4.76. The molecule has 0 saturated carbocycles. The molecule has 2 N–H and O–H groups in total. The molecule has 0 radical (unpaired) electrons. The van der Waals surface area contributed by atoms with E-state index in [2.05, 4.69) is 15.7 Å². The van der Waals surface area contributed by atoms with Gasteiger partial charge in [0.25, 0.3) is 5.91 Å². The number of rotatable bonds is 13. The van der Waals surface area contributed by atoms with E-state index in [1.54, 1.807) is 31.2 Å². The Hall–Kier alpha value is -6.43. The molecule has 0 spiro atoms. The van der Waals surface area contributed by atoms with E-state index in [1.807, 2.05) is 91.0 Å². The van der Waals surface area contributed by atoms with E-state index in [0.717, 1.165) is 17.7 Å². The maximum absolute atomic E-state index is 14.7. The highest BCUT2D eigenvalue weighted by molar-refractivity contribution is 6.02. The molecular formula is C43H38F4N4O4. The average Bonchev–Trinajstić information content (AvgIpc) is 3.58. The highest BCUT2D eigenvalue weighted by Gasteiger charge is 2.44. The van der Waals surface area contributed by atoms with E-state index >= 15 is 0 Å². The van der Waals surface area contributed by atoms with E-state index < -0.39 is 35.5 Å². The maximum atomic E-state index is 14.7. The molecule has 1 atom stereocenters. The lowest BCUT2D eigenvalue weighted by Gasteiger charge is -2.38. The van der Waals surface area contributed by atoms with Crippen LogP contribution in [0, 0.1) is 5.82 Å². The number of carbonyl (C=O) groups is 2. The van der Waals surface area contributed by atoms with Gasteiger partial charge in [-0.05, 0) is 54.3 Å². The maximum Gasteiger partial charge on any atom is 0.410 e. The van der Waals surface area contributed by atoms with Crippen LogP contribution in [-0.2, 0) is 16.8 Å². The minimum Gasteiger partial charge on any atom is -0.496 e. The quantitative estimate of drug-likeness (QED) is 0.0695. The number of nitrogens with one attached hydrogen (secondary N) is 2. The fourth-order valence-electron chi connectivity index (χ4n) is 6.45. The number of alkyl halides is 3. The molecule has 0 aliphatic carbocycles. The van der Waals surface area contributed by atoms with Crippen LogP contribution >= 0.6 is 0 Å². The number of amides is 1. The van der Waals surface area contributed by atoms with Gasteiger partial charge in [-0.1, -0.05) is 115 Å². The van der Waals surface area contributed by atoms with Gasteiger partial charge in [0.05, 0.1) is 19.3 Å². The van der Waals surface area contributed by atoms with Crippen LogP contribution in [0.1, 0.15) is 62.9 Å². The van der Waals surface area contributed by atoms with Gasteiger partial charge in [-0.3, -0.25) is 4.79 Å². The molecule has 55 heavy (non-hydrogen) atoms. The molecule has 1 amide bonds. The molecule has 0 unspecified atom stereocenters. The molecular weight excluding hydrogens is 712 g/mol. The van der Waals surface area contributed by atoms with Crippen molar-refractivity contribution in [3.8, 4) is 17.0 Å². The first-order chi connectivity index (χ1) is 26.5. The zero-order chi connectivity index (χ0) is 39.2. The number of halogens is 4. The summed E-state index contributed by atoms with van der Waals surface area (Å²) in [5.41, 5.74) is 1.48. The molecule has 1 heterocycles. The number of carbonyl (C=O) groups excluding carboxylic acids is 2. The number of anilines is 1. The molecule has 12 heteroatoms. The van der Waals surface area contributed by atoms with Crippen molar-refractivity contribution in [3.63, 3.8) is 0 Å². The van der Waals surface area contributed by atoms with Gasteiger partial charge in [0.1, 0.15) is 40.2 Å². The third-order valence-corrected chi connectivity index (χ3v) is 9.24. The van der Waals surface area contributed by atoms with Crippen LogP contribution in [0.5, 0.6) is 5.75 Å². The third-order valence-electron chi connectivity index (χ3n) is 9.24. The molecule has 5 aromatic carbocycles. The van der Waals surface area contributed by atoms with Gasteiger partial charge in [0, 0.05) is 12.1 Å². The molecule has 1 aromatic heterocycles.